The Morgan fingerprint density at radius 3 is 2.89 bits per heavy atom. The van der Waals surface area contributed by atoms with Crippen molar-refractivity contribution < 1.29 is 14.1 Å². The molecule has 0 radical (unpaired) electrons. The van der Waals surface area contributed by atoms with Gasteiger partial charge >= 0.3 is 0 Å². The van der Waals surface area contributed by atoms with E-state index in [4.69, 9.17) is 9.26 Å². The first-order chi connectivity index (χ1) is 8.69. The predicted octanol–water partition coefficient (Wildman–Crippen LogP) is 1.80. The Bertz CT molecular complexity index is 549. The number of carbonyl (C=O) groups excluding carboxylic acids is 1. The van der Waals surface area contributed by atoms with Crippen molar-refractivity contribution in [2.24, 2.45) is 0 Å². The minimum atomic E-state index is 0.0136. The van der Waals surface area contributed by atoms with Crippen LogP contribution in [0.2, 0.25) is 0 Å². The van der Waals surface area contributed by atoms with Crippen LogP contribution in [0.3, 0.4) is 0 Å². The molecular weight excluding hydrogens is 232 g/mol. The maximum absolute atomic E-state index is 10.9. The normalized spacial score (nSPS) is 10.3. The molecule has 0 spiro atoms. The van der Waals surface area contributed by atoms with Crippen LogP contribution in [0.4, 0.5) is 0 Å². The Hall–Kier alpha value is -2.17. The maximum atomic E-state index is 10.9. The van der Waals surface area contributed by atoms with Gasteiger partial charge in [-0.2, -0.15) is 4.98 Å². The average Bonchev–Trinajstić information content (AvgIpc) is 2.76. The van der Waals surface area contributed by atoms with Gasteiger partial charge in [0.2, 0.25) is 5.89 Å². The van der Waals surface area contributed by atoms with Crippen LogP contribution in [0.25, 0.3) is 0 Å². The molecule has 94 valence electrons. The lowest BCUT2D eigenvalue weighted by molar-refractivity contribution is -0.116. The van der Waals surface area contributed by atoms with Gasteiger partial charge in [0.05, 0.1) is 20.0 Å². The molecule has 1 aromatic heterocycles. The second-order valence-corrected chi connectivity index (χ2v) is 3.97. The fraction of sp³-hybridized carbons (Fsp3) is 0.308. The summed E-state index contributed by atoms with van der Waals surface area (Å²) in [5.74, 6) is 1.70. The van der Waals surface area contributed by atoms with Crippen molar-refractivity contribution in [2.45, 2.75) is 19.8 Å². The number of methoxy groups -OCH3 is 1. The molecule has 0 aliphatic rings. The molecule has 0 aliphatic carbocycles. The molecule has 0 saturated heterocycles. The number of nitrogens with zero attached hydrogens (tertiary/aromatic N) is 2. The first-order valence-electron chi connectivity index (χ1n) is 5.62. The van der Waals surface area contributed by atoms with E-state index < -0.39 is 0 Å². The van der Waals surface area contributed by atoms with Crippen molar-refractivity contribution in [2.75, 3.05) is 7.11 Å². The molecule has 0 bridgehead atoms. The van der Waals surface area contributed by atoms with E-state index >= 15 is 0 Å². The van der Waals surface area contributed by atoms with Gasteiger partial charge in [-0.1, -0.05) is 23.4 Å². The van der Waals surface area contributed by atoms with E-state index in [2.05, 4.69) is 10.1 Å². The average molecular weight is 246 g/mol. The summed E-state index contributed by atoms with van der Waals surface area (Å²) in [6.07, 6.45) is 0.699. The SMILES string of the molecule is COc1ccccc1Cc1nc(CC(C)=O)no1. The van der Waals surface area contributed by atoms with E-state index in [-0.39, 0.29) is 12.2 Å². The van der Waals surface area contributed by atoms with E-state index in [1.165, 1.54) is 6.92 Å². The number of hydrogen-bond acceptors (Lipinski definition) is 5. The Morgan fingerprint density at radius 1 is 1.39 bits per heavy atom. The van der Waals surface area contributed by atoms with E-state index in [0.29, 0.717) is 18.1 Å². The van der Waals surface area contributed by atoms with Crippen molar-refractivity contribution in [1.82, 2.24) is 10.1 Å². The fourth-order valence-electron chi connectivity index (χ4n) is 1.67. The summed E-state index contributed by atoms with van der Waals surface area (Å²) < 4.78 is 10.3. The standard InChI is InChI=1S/C13H14N2O3/c1-9(16)7-12-14-13(18-15-12)8-10-5-3-4-6-11(10)17-2/h3-6H,7-8H2,1-2H3. The quantitative estimate of drug-likeness (QED) is 0.804. The molecule has 18 heavy (non-hydrogen) atoms. The highest BCUT2D eigenvalue weighted by Gasteiger charge is 2.11. The molecule has 0 unspecified atom stereocenters. The minimum Gasteiger partial charge on any atom is -0.496 e. The van der Waals surface area contributed by atoms with E-state index in [1.807, 2.05) is 24.3 Å². The van der Waals surface area contributed by atoms with Crippen LogP contribution >= 0.6 is 0 Å². The zero-order chi connectivity index (χ0) is 13.0. The second-order valence-electron chi connectivity index (χ2n) is 3.97. The number of ketones is 1. The third-order valence-corrected chi connectivity index (χ3v) is 2.45. The summed E-state index contributed by atoms with van der Waals surface area (Å²) in [6, 6.07) is 7.64. The molecule has 0 aliphatic heterocycles. The zero-order valence-electron chi connectivity index (χ0n) is 10.3. The highest BCUT2D eigenvalue weighted by molar-refractivity contribution is 5.77. The molecule has 5 nitrogen and oxygen atoms in total. The lowest BCUT2D eigenvalue weighted by Crippen LogP contribution is -1.99. The molecule has 5 heteroatoms. The molecule has 2 aromatic rings. The van der Waals surface area contributed by atoms with Gasteiger partial charge in [0.25, 0.3) is 0 Å². The third kappa shape index (κ3) is 2.94. The summed E-state index contributed by atoms with van der Waals surface area (Å²) in [6.45, 7) is 1.50. The molecule has 0 saturated carbocycles. The summed E-state index contributed by atoms with van der Waals surface area (Å²) in [4.78, 5) is 15.1. The monoisotopic (exact) mass is 246 g/mol. The summed E-state index contributed by atoms with van der Waals surface area (Å²) >= 11 is 0. The van der Waals surface area contributed by atoms with E-state index in [9.17, 15) is 4.79 Å². The smallest absolute Gasteiger partial charge is 0.231 e. The highest BCUT2D eigenvalue weighted by Crippen LogP contribution is 2.20. The first-order valence-corrected chi connectivity index (χ1v) is 5.62. The number of benzene rings is 1. The molecule has 0 N–H and O–H groups in total. The molecule has 0 amide bonds. The van der Waals surface area contributed by atoms with Crippen molar-refractivity contribution in [3.63, 3.8) is 0 Å². The maximum Gasteiger partial charge on any atom is 0.231 e. The molecule has 1 aromatic carbocycles. The van der Waals surface area contributed by atoms with Crippen molar-refractivity contribution in [1.29, 1.82) is 0 Å². The summed E-state index contributed by atoms with van der Waals surface area (Å²) in [5.41, 5.74) is 0.970. The van der Waals surface area contributed by atoms with Gasteiger partial charge in [0, 0.05) is 5.56 Å². The molecule has 1 heterocycles. The first kappa shape index (κ1) is 12.3. The highest BCUT2D eigenvalue weighted by atomic mass is 16.5. The topological polar surface area (TPSA) is 65.2 Å². The van der Waals surface area contributed by atoms with Crippen LogP contribution in [-0.4, -0.2) is 23.0 Å². The van der Waals surface area contributed by atoms with Crippen molar-refractivity contribution >= 4 is 5.78 Å². The van der Waals surface area contributed by atoms with Gasteiger partial charge in [-0.05, 0) is 13.0 Å². The van der Waals surface area contributed by atoms with Crippen LogP contribution in [-0.2, 0) is 17.6 Å². The lowest BCUT2D eigenvalue weighted by atomic mass is 10.1. The van der Waals surface area contributed by atoms with Gasteiger partial charge in [-0.15, -0.1) is 0 Å². The number of aromatic nitrogens is 2. The number of Topliss-reactive ketones (excluding diaryl/α,β-unsaturated/α-hetero) is 1. The summed E-state index contributed by atoms with van der Waals surface area (Å²) in [7, 11) is 1.62. The molecular formula is C13H14N2O3. The predicted molar refractivity (Wildman–Crippen MR) is 64.5 cm³/mol. The van der Waals surface area contributed by atoms with Gasteiger partial charge < -0.3 is 9.26 Å². The number of hydrogen-bond donors (Lipinski definition) is 0. The largest absolute Gasteiger partial charge is 0.496 e. The Balaban J connectivity index is 2.13. The summed E-state index contributed by atoms with van der Waals surface area (Å²) in [5, 5.41) is 3.76. The van der Waals surface area contributed by atoms with Crippen LogP contribution in [0, 0.1) is 0 Å². The van der Waals surface area contributed by atoms with Crippen molar-refractivity contribution in [3.05, 3.63) is 41.5 Å². The minimum absolute atomic E-state index is 0.0136. The van der Waals surface area contributed by atoms with Gasteiger partial charge in [-0.3, -0.25) is 4.79 Å². The van der Waals surface area contributed by atoms with E-state index in [1.54, 1.807) is 7.11 Å². The van der Waals surface area contributed by atoms with E-state index in [0.717, 1.165) is 11.3 Å². The Labute approximate surface area is 105 Å². The fourth-order valence-corrected chi connectivity index (χ4v) is 1.67. The van der Waals surface area contributed by atoms with Crippen molar-refractivity contribution in [3.8, 4) is 5.75 Å². The number of carbonyl (C=O) groups is 1. The number of ether oxygens (including phenoxy) is 1. The Morgan fingerprint density at radius 2 is 2.17 bits per heavy atom. The molecule has 0 atom stereocenters. The number of para-hydroxylation sites is 1. The second kappa shape index (κ2) is 5.44. The van der Waals surface area contributed by atoms with Gasteiger partial charge in [0.1, 0.15) is 11.5 Å². The van der Waals surface area contributed by atoms with Crippen LogP contribution < -0.4 is 4.74 Å². The number of rotatable bonds is 5. The lowest BCUT2D eigenvalue weighted by Gasteiger charge is -2.04. The van der Waals surface area contributed by atoms with Crippen LogP contribution in [0.15, 0.2) is 28.8 Å². The zero-order valence-corrected chi connectivity index (χ0v) is 10.3. The third-order valence-electron chi connectivity index (χ3n) is 2.45. The van der Waals surface area contributed by atoms with Crippen LogP contribution in [0.5, 0.6) is 5.75 Å². The molecule has 0 fully saturated rings. The van der Waals surface area contributed by atoms with Crippen LogP contribution in [0.1, 0.15) is 24.2 Å². The Kier molecular flexibility index (Phi) is 3.72. The molecule has 2 rings (SSSR count). The van der Waals surface area contributed by atoms with Gasteiger partial charge in [-0.25, -0.2) is 0 Å². The van der Waals surface area contributed by atoms with Gasteiger partial charge in [0.15, 0.2) is 5.82 Å².